The van der Waals surface area contributed by atoms with Crippen molar-refractivity contribution in [3.63, 3.8) is 0 Å². The lowest BCUT2D eigenvalue weighted by atomic mass is 9.93. The van der Waals surface area contributed by atoms with Gasteiger partial charge >= 0.3 is 0 Å². The minimum Gasteiger partial charge on any atom is -0.381 e. The van der Waals surface area contributed by atoms with Crippen LogP contribution in [0, 0.1) is 5.92 Å². The Hall–Kier alpha value is -2.64. The number of allylic oxidation sites excluding steroid dienone is 1. The van der Waals surface area contributed by atoms with Gasteiger partial charge in [0.05, 0.1) is 11.1 Å². The molecule has 0 saturated carbocycles. The molecule has 134 valence electrons. The van der Waals surface area contributed by atoms with E-state index in [2.05, 4.69) is 10.3 Å². The van der Waals surface area contributed by atoms with Gasteiger partial charge in [-0.3, -0.25) is 19.7 Å². The second kappa shape index (κ2) is 8.64. The molecule has 1 aromatic heterocycles. The number of hydrogen-bond acceptors (Lipinski definition) is 6. The summed E-state index contributed by atoms with van der Waals surface area (Å²) in [4.78, 5) is 39.0. The van der Waals surface area contributed by atoms with E-state index in [0.29, 0.717) is 40.6 Å². The minimum absolute atomic E-state index is 0.247. The molecule has 1 aliphatic heterocycles. The van der Waals surface area contributed by atoms with Crippen molar-refractivity contribution in [2.75, 3.05) is 18.5 Å². The molecule has 2 heterocycles. The van der Waals surface area contributed by atoms with Crippen LogP contribution in [0.2, 0.25) is 0 Å². The number of anilines is 1. The van der Waals surface area contributed by atoms with E-state index >= 15 is 0 Å². The number of aromatic nitrogens is 1. The number of ether oxygens (including phenoxy) is 1. The fraction of sp³-hybridized carbons (Fsp3) is 0.263. The van der Waals surface area contributed by atoms with Gasteiger partial charge in [-0.25, -0.2) is 4.98 Å². The van der Waals surface area contributed by atoms with Crippen LogP contribution in [0.1, 0.15) is 38.4 Å². The zero-order chi connectivity index (χ0) is 18.4. The molecular formula is C19H18N2O4S. The normalized spacial score (nSPS) is 15.5. The molecule has 7 heteroatoms. The van der Waals surface area contributed by atoms with Gasteiger partial charge in [0.1, 0.15) is 6.29 Å². The summed E-state index contributed by atoms with van der Waals surface area (Å²) in [7, 11) is 0. The van der Waals surface area contributed by atoms with Crippen LogP contribution in [0.4, 0.5) is 5.13 Å². The summed E-state index contributed by atoms with van der Waals surface area (Å²) in [6.07, 6.45) is 6.56. The second-order valence-electron chi connectivity index (χ2n) is 5.91. The highest BCUT2D eigenvalue weighted by Crippen LogP contribution is 2.25. The van der Waals surface area contributed by atoms with E-state index in [1.54, 1.807) is 24.3 Å². The van der Waals surface area contributed by atoms with Crippen molar-refractivity contribution < 1.29 is 19.1 Å². The molecule has 0 unspecified atom stereocenters. The third-order valence-corrected chi connectivity index (χ3v) is 4.97. The smallest absolute Gasteiger partial charge is 0.257 e. The van der Waals surface area contributed by atoms with E-state index in [-0.39, 0.29) is 11.8 Å². The molecule has 1 N–H and O–H groups in total. The number of carbonyl (C=O) groups is 3. The zero-order valence-electron chi connectivity index (χ0n) is 14.0. The average molecular weight is 370 g/mol. The molecule has 1 aromatic carbocycles. The number of amides is 1. The van der Waals surface area contributed by atoms with Crippen molar-refractivity contribution in [2.45, 2.75) is 12.8 Å². The van der Waals surface area contributed by atoms with Crippen LogP contribution in [-0.2, 0) is 9.53 Å². The Bertz CT molecular complexity index is 820. The third kappa shape index (κ3) is 4.50. The summed E-state index contributed by atoms with van der Waals surface area (Å²) < 4.78 is 5.38. The molecule has 0 bridgehead atoms. The maximum atomic E-state index is 12.8. The Morgan fingerprint density at radius 2 is 1.88 bits per heavy atom. The molecule has 6 nitrogen and oxygen atoms in total. The largest absolute Gasteiger partial charge is 0.381 e. The SMILES string of the molecule is O=Cc1ccc(C(=CC2CCOCC2)C(=O)Nc2ncc(C=O)s2)cc1. The summed E-state index contributed by atoms with van der Waals surface area (Å²) in [6, 6.07) is 6.88. The number of aldehydes is 2. The molecule has 2 aromatic rings. The summed E-state index contributed by atoms with van der Waals surface area (Å²) >= 11 is 1.12. The van der Waals surface area contributed by atoms with Crippen LogP contribution >= 0.6 is 11.3 Å². The van der Waals surface area contributed by atoms with Gasteiger partial charge in [0.25, 0.3) is 5.91 Å². The maximum absolute atomic E-state index is 12.8. The lowest BCUT2D eigenvalue weighted by molar-refractivity contribution is -0.111. The fourth-order valence-corrected chi connectivity index (χ4v) is 3.35. The van der Waals surface area contributed by atoms with Crippen LogP contribution in [0.25, 0.3) is 5.57 Å². The van der Waals surface area contributed by atoms with Gasteiger partial charge in [0.2, 0.25) is 0 Å². The highest BCUT2D eigenvalue weighted by Gasteiger charge is 2.19. The average Bonchev–Trinajstić information content (AvgIpc) is 3.14. The van der Waals surface area contributed by atoms with Crippen LogP contribution < -0.4 is 5.32 Å². The number of nitrogens with zero attached hydrogens (tertiary/aromatic N) is 1. The van der Waals surface area contributed by atoms with Crippen molar-refractivity contribution >= 4 is 40.5 Å². The Morgan fingerprint density at radius 3 is 2.50 bits per heavy atom. The Labute approximate surface area is 154 Å². The monoisotopic (exact) mass is 370 g/mol. The number of hydrogen-bond donors (Lipinski definition) is 1. The Morgan fingerprint density at radius 1 is 1.15 bits per heavy atom. The summed E-state index contributed by atoms with van der Waals surface area (Å²) in [5, 5.41) is 3.13. The number of rotatable bonds is 6. The summed E-state index contributed by atoms with van der Waals surface area (Å²) in [5.74, 6) is -0.0424. The second-order valence-corrected chi connectivity index (χ2v) is 6.97. The standard InChI is InChI=1S/C19H18N2O4S/c22-11-14-1-3-15(4-2-14)17(9-13-5-7-25-8-6-13)18(24)21-19-20-10-16(12-23)26-19/h1-4,9-13H,5-8H2,(H,20,21,24). The van der Waals surface area contributed by atoms with E-state index in [0.717, 1.165) is 36.0 Å². The predicted molar refractivity (Wildman–Crippen MR) is 99.5 cm³/mol. The van der Waals surface area contributed by atoms with Crippen LogP contribution in [0.3, 0.4) is 0 Å². The maximum Gasteiger partial charge on any atom is 0.257 e. The number of benzene rings is 1. The first kappa shape index (κ1) is 18.2. The molecule has 1 fully saturated rings. The van der Waals surface area contributed by atoms with Gasteiger partial charge in [0.15, 0.2) is 11.4 Å². The van der Waals surface area contributed by atoms with Crippen molar-refractivity contribution in [2.24, 2.45) is 5.92 Å². The van der Waals surface area contributed by atoms with E-state index in [1.807, 2.05) is 6.08 Å². The first-order valence-corrected chi connectivity index (χ1v) is 9.09. The molecule has 0 radical (unpaired) electrons. The van der Waals surface area contributed by atoms with E-state index in [9.17, 15) is 14.4 Å². The molecular weight excluding hydrogens is 352 g/mol. The quantitative estimate of drug-likeness (QED) is 0.623. The minimum atomic E-state index is -0.290. The highest BCUT2D eigenvalue weighted by atomic mass is 32.1. The first-order valence-electron chi connectivity index (χ1n) is 8.27. The number of thiazole rings is 1. The molecule has 0 atom stereocenters. The van der Waals surface area contributed by atoms with Crippen LogP contribution in [0.5, 0.6) is 0 Å². The third-order valence-electron chi connectivity index (χ3n) is 4.13. The summed E-state index contributed by atoms with van der Waals surface area (Å²) in [6.45, 7) is 1.35. The lowest BCUT2D eigenvalue weighted by Crippen LogP contribution is -2.18. The van der Waals surface area contributed by atoms with Crippen molar-refractivity contribution in [1.82, 2.24) is 4.98 Å². The van der Waals surface area contributed by atoms with Gasteiger partial charge in [-0.15, -0.1) is 0 Å². The van der Waals surface area contributed by atoms with Crippen LogP contribution in [0.15, 0.2) is 36.5 Å². The van der Waals surface area contributed by atoms with E-state index < -0.39 is 0 Å². The van der Waals surface area contributed by atoms with E-state index in [1.165, 1.54) is 6.20 Å². The number of nitrogens with one attached hydrogen (secondary N) is 1. The van der Waals surface area contributed by atoms with Gasteiger partial charge < -0.3 is 4.74 Å². The van der Waals surface area contributed by atoms with Gasteiger partial charge in [-0.2, -0.15) is 0 Å². The van der Waals surface area contributed by atoms with Crippen molar-refractivity contribution in [3.05, 3.63) is 52.5 Å². The van der Waals surface area contributed by atoms with Crippen molar-refractivity contribution in [3.8, 4) is 0 Å². The lowest BCUT2D eigenvalue weighted by Gasteiger charge is -2.20. The molecule has 1 amide bonds. The topological polar surface area (TPSA) is 85.4 Å². The zero-order valence-corrected chi connectivity index (χ0v) is 14.8. The Kier molecular flexibility index (Phi) is 6.04. The molecule has 0 spiro atoms. The number of carbonyl (C=O) groups excluding carboxylic acids is 3. The van der Waals surface area contributed by atoms with Crippen molar-refractivity contribution in [1.29, 1.82) is 0 Å². The molecule has 0 aliphatic carbocycles. The van der Waals surface area contributed by atoms with Gasteiger partial charge in [-0.05, 0) is 24.3 Å². The van der Waals surface area contributed by atoms with Gasteiger partial charge in [0, 0.05) is 24.4 Å². The molecule has 1 saturated heterocycles. The van der Waals surface area contributed by atoms with E-state index in [4.69, 9.17) is 4.74 Å². The Balaban J connectivity index is 1.87. The first-order chi connectivity index (χ1) is 12.7. The molecule has 26 heavy (non-hydrogen) atoms. The molecule has 3 rings (SSSR count). The fourth-order valence-electron chi connectivity index (χ4n) is 2.73. The van der Waals surface area contributed by atoms with Gasteiger partial charge in [-0.1, -0.05) is 41.7 Å². The molecule has 1 aliphatic rings. The highest BCUT2D eigenvalue weighted by molar-refractivity contribution is 7.17. The predicted octanol–water partition coefficient (Wildman–Crippen LogP) is 3.22. The van der Waals surface area contributed by atoms with Crippen LogP contribution in [-0.4, -0.2) is 36.7 Å². The summed E-state index contributed by atoms with van der Waals surface area (Å²) in [5.41, 5.74) is 1.80.